The predicted octanol–water partition coefficient (Wildman–Crippen LogP) is 12.6. The average molecular weight is 992 g/mol. The lowest BCUT2D eigenvalue weighted by molar-refractivity contribution is -0.143. The van der Waals surface area contributed by atoms with Crippen molar-refractivity contribution in [2.45, 2.75) is 201 Å². The molecule has 64 heavy (non-hydrogen) atoms. The normalized spacial score (nSPS) is 20.7. The molecule has 1 saturated heterocycles. The fourth-order valence-corrected chi connectivity index (χ4v) is 9.29. The zero-order valence-electron chi connectivity index (χ0n) is 42.2. The molecule has 1 aliphatic heterocycles. The van der Waals surface area contributed by atoms with E-state index >= 15 is 0 Å². The SMILES string of the molecule is C/C=C/COC(=O)CCC/C=C\B1OC(C)CC(C)(C)O1.C/C=C/COC(=O)CCC/C=C\CC1=CC(O[Si](C)(C)C(C)(C)C)CC1=O.CC(C)(C)[Si](C)(C)OC1C=C(CBr)C(=O)C1. The molecule has 3 rings (SSSR count). The molecular weight excluding hydrogens is 907 g/mol. The second-order valence-corrected chi connectivity index (χ2v) is 30.5. The van der Waals surface area contributed by atoms with Crippen LogP contribution < -0.4 is 0 Å². The molecule has 0 N–H and O–H groups in total. The van der Waals surface area contributed by atoms with Crippen LogP contribution in [0.2, 0.25) is 36.3 Å². The number of ether oxygens (including phenoxy) is 2. The first-order chi connectivity index (χ1) is 29.7. The molecule has 3 aliphatic rings. The van der Waals surface area contributed by atoms with Crippen molar-refractivity contribution in [1.29, 1.82) is 0 Å². The van der Waals surface area contributed by atoms with Crippen LogP contribution in [0, 0.1) is 0 Å². The number of carbonyl (C=O) groups excluding carboxylic acids is 4. The minimum Gasteiger partial charge on any atom is -0.461 e. The van der Waals surface area contributed by atoms with Gasteiger partial charge >= 0.3 is 19.1 Å². The Bertz CT molecular complexity index is 1670. The highest BCUT2D eigenvalue weighted by Gasteiger charge is 2.42. The van der Waals surface area contributed by atoms with E-state index in [1.807, 2.05) is 74.5 Å². The second kappa shape index (κ2) is 28.7. The van der Waals surface area contributed by atoms with Crippen molar-refractivity contribution in [3.05, 3.63) is 71.8 Å². The summed E-state index contributed by atoms with van der Waals surface area (Å²) < 4.78 is 34.1. The van der Waals surface area contributed by atoms with Gasteiger partial charge in [-0.3, -0.25) is 19.2 Å². The first kappa shape index (κ1) is 59.6. The van der Waals surface area contributed by atoms with Gasteiger partial charge in [-0.15, -0.1) is 0 Å². The Morgan fingerprint density at radius 2 is 1.22 bits per heavy atom. The number of Topliss-reactive ketones (excluding diaryl/α,β-unsaturated/α-hetero) is 2. The molecule has 362 valence electrons. The van der Waals surface area contributed by atoms with Crippen molar-refractivity contribution >= 4 is 63.2 Å². The maximum Gasteiger partial charge on any atom is 0.486 e. The number of carbonyl (C=O) groups is 4. The lowest BCUT2D eigenvalue weighted by Crippen LogP contribution is -2.45. The molecule has 14 heteroatoms. The molecular formula is C50H84BBrO10Si2. The summed E-state index contributed by atoms with van der Waals surface area (Å²) in [6.07, 6.45) is 24.1. The van der Waals surface area contributed by atoms with E-state index in [-0.39, 0.29) is 64.6 Å². The van der Waals surface area contributed by atoms with E-state index in [2.05, 4.69) is 104 Å². The molecule has 0 bridgehead atoms. The largest absolute Gasteiger partial charge is 0.486 e. The molecule has 10 nitrogen and oxygen atoms in total. The molecule has 1 fully saturated rings. The van der Waals surface area contributed by atoms with Crippen molar-refractivity contribution in [2.75, 3.05) is 18.5 Å². The number of esters is 2. The van der Waals surface area contributed by atoms with Gasteiger partial charge < -0.3 is 27.6 Å². The summed E-state index contributed by atoms with van der Waals surface area (Å²) >= 11 is 3.33. The molecule has 0 spiro atoms. The third-order valence-electron chi connectivity index (χ3n) is 11.9. The molecule has 0 aromatic rings. The van der Waals surface area contributed by atoms with Crippen LogP contribution in [-0.2, 0) is 46.8 Å². The monoisotopic (exact) mass is 990 g/mol. The smallest absolute Gasteiger partial charge is 0.461 e. The van der Waals surface area contributed by atoms with E-state index < -0.39 is 16.6 Å². The Balaban J connectivity index is 0.000000496. The zero-order chi connectivity index (χ0) is 48.8. The van der Waals surface area contributed by atoms with Crippen molar-refractivity contribution < 1.29 is 46.8 Å². The Morgan fingerprint density at radius 3 is 1.64 bits per heavy atom. The number of halogens is 1. The predicted molar refractivity (Wildman–Crippen MR) is 272 cm³/mol. The van der Waals surface area contributed by atoms with Gasteiger partial charge in [-0.2, -0.15) is 0 Å². The van der Waals surface area contributed by atoms with Gasteiger partial charge in [0, 0.05) is 42.7 Å². The van der Waals surface area contributed by atoms with Crippen LogP contribution in [0.3, 0.4) is 0 Å². The fraction of sp³-hybridized carbons (Fsp3) is 0.680. The number of allylic oxidation sites excluding steroid dienone is 7. The van der Waals surface area contributed by atoms with E-state index in [9.17, 15) is 19.2 Å². The minimum absolute atomic E-state index is 0.000872. The molecule has 0 radical (unpaired) electrons. The maximum absolute atomic E-state index is 12.2. The van der Waals surface area contributed by atoms with Crippen molar-refractivity contribution in [3.8, 4) is 0 Å². The van der Waals surface area contributed by atoms with Gasteiger partial charge in [0.25, 0.3) is 0 Å². The van der Waals surface area contributed by atoms with Gasteiger partial charge in [-0.05, 0) is 127 Å². The third kappa shape index (κ3) is 23.8. The molecule has 0 saturated carbocycles. The van der Waals surface area contributed by atoms with Crippen molar-refractivity contribution in [2.24, 2.45) is 0 Å². The highest BCUT2D eigenvalue weighted by molar-refractivity contribution is 9.09. The van der Waals surface area contributed by atoms with Gasteiger partial charge in [0.2, 0.25) is 0 Å². The zero-order valence-corrected chi connectivity index (χ0v) is 45.8. The number of ketones is 2. The number of hydrogen-bond acceptors (Lipinski definition) is 10. The van der Waals surface area contributed by atoms with E-state index in [0.717, 1.165) is 43.3 Å². The van der Waals surface area contributed by atoms with Gasteiger partial charge in [-0.1, -0.05) is 106 Å². The Morgan fingerprint density at radius 1 is 0.766 bits per heavy atom. The van der Waals surface area contributed by atoms with Crippen molar-refractivity contribution in [1.82, 2.24) is 0 Å². The highest BCUT2D eigenvalue weighted by Crippen LogP contribution is 2.40. The molecule has 2 aliphatic carbocycles. The summed E-state index contributed by atoms with van der Waals surface area (Å²) in [5.41, 5.74) is 1.56. The fourth-order valence-electron chi connectivity index (χ4n) is 6.27. The van der Waals surface area contributed by atoms with E-state index in [1.165, 1.54) is 0 Å². The Kier molecular flexibility index (Phi) is 26.7. The number of rotatable bonds is 20. The summed E-state index contributed by atoms with van der Waals surface area (Å²) in [5, 5.41) is 0.977. The lowest BCUT2D eigenvalue weighted by Gasteiger charge is -2.37. The molecule has 3 atom stereocenters. The molecule has 3 unspecified atom stereocenters. The summed E-state index contributed by atoms with van der Waals surface area (Å²) in [6, 6.07) is 0. The standard InChI is InChI=1S/C22H36O4Si.C16H27BO4.C12H21BrO2Si/c1-7-8-15-25-21(24)14-12-10-9-11-13-18-16-19(17-20(18)23)26-27(5,6)22(2,3)4;1-5-6-12-19-15(18)10-8-7-9-11-17-20-14(2)13-16(3,4)21-17;1-12(2,3)16(4,5)15-10-6-9(8-13)11(14)7-10/h7-9,11,16,19H,10,12-15,17H2,1-6H3;5-6,9,11,14H,7-8,10,12-13H2,1-4H3;6,10H,7-8H2,1-5H3/b8-7+,11-9-;6-5+,11-9-;. The van der Waals surface area contributed by atoms with Crippen LogP contribution >= 0.6 is 15.9 Å². The first-order valence-corrected chi connectivity index (χ1v) is 30.2. The van der Waals surface area contributed by atoms with Crippen LogP contribution in [0.25, 0.3) is 0 Å². The van der Waals surface area contributed by atoms with Gasteiger partial charge in [0.05, 0.1) is 17.8 Å². The van der Waals surface area contributed by atoms with Crippen LogP contribution in [0.4, 0.5) is 0 Å². The quantitative estimate of drug-likeness (QED) is 0.0383. The number of alkyl halides is 1. The third-order valence-corrected chi connectivity index (χ3v) is 21.6. The number of hydrogen-bond donors (Lipinski definition) is 0. The van der Waals surface area contributed by atoms with Gasteiger partial charge in [0.1, 0.15) is 13.2 Å². The van der Waals surface area contributed by atoms with E-state index in [0.29, 0.717) is 50.6 Å². The molecule has 1 heterocycles. The molecule has 0 amide bonds. The average Bonchev–Trinajstić information content (AvgIpc) is 3.70. The maximum atomic E-state index is 12.2. The summed E-state index contributed by atoms with van der Waals surface area (Å²) in [4.78, 5) is 46.7. The van der Waals surface area contributed by atoms with Gasteiger partial charge in [-0.25, -0.2) is 0 Å². The molecule has 0 aromatic carbocycles. The lowest BCUT2D eigenvalue weighted by atomic mass is 9.82. The van der Waals surface area contributed by atoms with Crippen molar-refractivity contribution in [3.63, 3.8) is 0 Å². The summed E-state index contributed by atoms with van der Waals surface area (Å²) in [7, 11) is -3.90. The second-order valence-electron chi connectivity index (χ2n) is 20.4. The van der Waals surface area contributed by atoms with Crippen LogP contribution in [-0.4, -0.2) is 89.7 Å². The molecule has 0 aromatic heterocycles. The van der Waals surface area contributed by atoms with Crippen LogP contribution in [0.1, 0.15) is 140 Å². The Hall–Kier alpha value is -2.46. The Labute approximate surface area is 399 Å². The van der Waals surface area contributed by atoms with Crippen LogP contribution in [0.5, 0.6) is 0 Å². The summed E-state index contributed by atoms with van der Waals surface area (Å²) in [5.74, 6) is 2.03. The van der Waals surface area contributed by atoms with E-state index in [1.54, 1.807) is 0 Å². The first-order valence-electron chi connectivity index (χ1n) is 23.2. The topological polar surface area (TPSA) is 124 Å². The number of unbranched alkanes of at least 4 members (excludes halogenated alkanes) is 2. The van der Waals surface area contributed by atoms with Gasteiger partial charge in [0.15, 0.2) is 28.2 Å². The minimum atomic E-state index is -1.86. The summed E-state index contributed by atoms with van der Waals surface area (Å²) in [6.45, 7) is 32.9. The van der Waals surface area contributed by atoms with Crippen LogP contribution in [0.15, 0.2) is 71.8 Å². The highest BCUT2D eigenvalue weighted by atomic mass is 79.9. The van der Waals surface area contributed by atoms with E-state index in [4.69, 9.17) is 27.6 Å².